The SMILES string of the molecule is O=C(CC(Sc1cccc(Cl)c1Cl)c1ccc(Cl)cc1)c1ccccc1. The summed E-state index contributed by atoms with van der Waals surface area (Å²) in [5.74, 6) is 0.0798. The van der Waals surface area contributed by atoms with Crippen molar-refractivity contribution in [3.8, 4) is 0 Å². The van der Waals surface area contributed by atoms with Crippen LogP contribution in [0.3, 0.4) is 0 Å². The number of rotatable bonds is 6. The van der Waals surface area contributed by atoms with Crippen LogP contribution >= 0.6 is 46.6 Å². The number of hydrogen-bond acceptors (Lipinski definition) is 2. The summed E-state index contributed by atoms with van der Waals surface area (Å²) in [7, 11) is 0. The highest BCUT2D eigenvalue weighted by molar-refractivity contribution is 7.99. The Hall–Kier alpha value is -1.45. The number of Topliss-reactive ketones (excluding diaryl/α,β-unsaturated/α-hetero) is 1. The van der Waals surface area contributed by atoms with Crippen LogP contribution < -0.4 is 0 Å². The summed E-state index contributed by atoms with van der Waals surface area (Å²) in [6.07, 6.45) is 0.346. The minimum Gasteiger partial charge on any atom is -0.294 e. The Balaban J connectivity index is 1.90. The Morgan fingerprint density at radius 2 is 1.54 bits per heavy atom. The largest absolute Gasteiger partial charge is 0.294 e. The molecule has 0 spiro atoms. The molecule has 3 aromatic carbocycles. The van der Waals surface area contributed by atoms with Gasteiger partial charge in [0.15, 0.2) is 5.78 Å². The highest BCUT2D eigenvalue weighted by Crippen LogP contribution is 2.43. The molecule has 0 aliphatic heterocycles. The van der Waals surface area contributed by atoms with Gasteiger partial charge >= 0.3 is 0 Å². The third kappa shape index (κ3) is 4.83. The van der Waals surface area contributed by atoms with Crippen molar-refractivity contribution < 1.29 is 4.79 Å². The topological polar surface area (TPSA) is 17.1 Å². The quantitative estimate of drug-likeness (QED) is 0.299. The molecule has 1 atom stereocenters. The lowest BCUT2D eigenvalue weighted by atomic mass is 10.0. The van der Waals surface area contributed by atoms with Gasteiger partial charge in [0.05, 0.1) is 10.0 Å². The molecule has 3 rings (SSSR count). The normalized spacial score (nSPS) is 12.0. The first-order chi connectivity index (χ1) is 12.5. The van der Waals surface area contributed by atoms with E-state index in [-0.39, 0.29) is 11.0 Å². The van der Waals surface area contributed by atoms with E-state index in [9.17, 15) is 4.79 Å². The third-order valence-electron chi connectivity index (χ3n) is 3.89. The van der Waals surface area contributed by atoms with Crippen molar-refractivity contribution >= 4 is 52.3 Å². The standard InChI is InChI=1S/C21H15Cl3OS/c22-16-11-9-15(10-12-16)20(13-18(25)14-5-2-1-3-6-14)26-19-8-4-7-17(23)21(19)24/h1-12,20H,13H2. The van der Waals surface area contributed by atoms with Crippen LogP contribution in [0.25, 0.3) is 0 Å². The molecule has 1 unspecified atom stereocenters. The van der Waals surface area contributed by atoms with Gasteiger partial charge in [0, 0.05) is 27.2 Å². The van der Waals surface area contributed by atoms with Gasteiger partial charge in [-0.25, -0.2) is 0 Å². The van der Waals surface area contributed by atoms with Gasteiger partial charge < -0.3 is 0 Å². The zero-order chi connectivity index (χ0) is 18.5. The zero-order valence-corrected chi connectivity index (χ0v) is 16.7. The van der Waals surface area contributed by atoms with E-state index >= 15 is 0 Å². The van der Waals surface area contributed by atoms with Gasteiger partial charge in [0.2, 0.25) is 0 Å². The summed E-state index contributed by atoms with van der Waals surface area (Å²) in [4.78, 5) is 13.6. The smallest absolute Gasteiger partial charge is 0.164 e. The van der Waals surface area contributed by atoms with E-state index < -0.39 is 0 Å². The van der Waals surface area contributed by atoms with E-state index in [4.69, 9.17) is 34.8 Å². The van der Waals surface area contributed by atoms with Gasteiger partial charge in [0.25, 0.3) is 0 Å². The Morgan fingerprint density at radius 3 is 2.23 bits per heavy atom. The summed E-state index contributed by atoms with van der Waals surface area (Å²) in [5.41, 5.74) is 1.71. The summed E-state index contributed by atoms with van der Waals surface area (Å²) >= 11 is 20.0. The molecule has 26 heavy (non-hydrogen) atoms. The molecule has 3 aromatic rings. The van der Waals surface area contributed by atoms with E-state index in [1.807, 2.05) is 66.7 Å². The van der Waals surface area contributed by atoms with Gasteiger partial charge in [-0.3, -0.25) is 4.79 Å². The second kappa shape index (κ2) is 8.96. The average molecular weight is 422 g/mol. The average Bonchev–Trinajstić information content (AvgIpc) is 2.66. The van der Waals surface area contributed by atoms with Crippen LogP contribution in [0.1, 0.15) is 27.6 Å². The van der Waals surface area contributed by atoms with Crippen molar-refractivity contribution in [3.63, 3.8) is 0 Å². The molecule has 0 aliphatic carbocycles. The van der Waals surface area contributed by atoms with E-state index in [0.717, 1.165) is 10.5 Å². The van der Waals surface area contributed by atoms with E-state index in [1.54, 1.807) is 6.07 Å². The molecular formula is C21H15Cl3OS. The molecule has 5 heteroatoms. The maximum atomic E-state index is 12.7. The highest BCUT2D eigenvalue weighted by Gasteiger charge is 2.20. The Morgan fingerprint density at radius 1 is 0.846 bits per heavy atom. The van der Waals surface area contributed by atoms with E-state index in [0.29, 0.717) is 27.1 Å². The molecule has 0 saturated heterocycles. The van der Waals surface area contributed by atoms with Crippen molar-refractivity contribution in [1.29, 1.82) is 0 Å². The minimum absolute atomic E-state index is 0.0798. The number of carbonyl (C=O) groups excluding carboxylic acids is 1. The second-order valence-corrected chi connectivity index (χ2v) is 8.17. The van der Waals surface area contributed by atoms with Crippen LogP contribution in [0.15, 0.2) is 77.7 Å². The highest BCUT2D eigenvalue weighted by atomic mass is 35.5. The molecule has 132 valence electrons. The van der Waals surface area contributed by atoms with Crippen LogP contribution in [-0.2, 0) is 0 Å². The molecular weight excluding hydrogens is 407 g/mol. The Labute approximate surface area is 172 Å². The fourth-order valence-electron chi connectivity index (χ4n) is 2.54. The van der Waals surface area contributed by atoms with Crippen LogP contribution in [0.4, 0.5) is 0 Å². The zero-order valence-electron chi connectivity index (χ0n) is 13.7. The summed E-state index contributed by atoms with van der Waals surface area (Å²) < 4.78 is 0. The van der Waals surface area contributed by atoms with Gasteiger partial charge in [-0.1, -0.05) is 83.3 Å². The van der Waals surface area contributed by atoms with Crippen molar-refractivity contribution in [2.45, 2.75) is 16.6 Å². The van der Waals surface area contributed by atoms with Crippen molar-refractivity contribution in [2.24, 2.45) is 0 Å². The maximum absolute atomic E-state index is 12.7. The predicted octanol–water partition coefficient (Wildman–Crippen LogP) is 7.75. The summed E-state index contributed by atoms with van der Waals surface area (Å²) in [6.45, 7) is 0. The summed E-state index contributed by atoms with van der Waals surface area (Å²) in [5, 5.41) is 1.56. The van der Waals surface area contributed by atoms with Gasteiger partial charge in [-0.15, -0.1) is 11.8 Å². The van der Waals surface area contributed by atoms with Crippen LogP contribution in [0, 0.1) is 0 Å². The van der Waals surface area contributed by atoms with Crippen LogP contribution in [0.2, 0.25) is 15.1 Å². The molecule has 1 nitrogen and oxygen atoms in total. The molecule has 0 saturated carbocycles. The fraction of sp³-hybridized carbons (Fsp3) is 0.0952. The lowest BCUT2D eigenvalue weighted by molar-refractivity contribution is 0.0982. The van der Waals surface area contributed by atoms with E-state index in [2.05, 4.69) is 0 Å². The molecule has 0 aromatic heterocycles. The Bertz CT molecular complexity index is 895. The number of hydrogen-bond donors (Lipinski definition) is 0. The number of thioether (sulfide) groups is 1. The third-order valence-corrected chi connectivity index (χ3v) is 6.39. The number of halogens is 3. The first-order valence-electron chi connectivity index (χ1n) is 7.99. The van der Waals surface area contributed by atoms with Crippen molar-refractivity contribution in [2.75, 3.05) is 0 Å². The predicted molar refractivity (Wildman–Crippen MR) is 112 cm³/mol. The number of carbonyl (C=O) groups is 1. The molecule has 0 bridgehead atoms. The number of benzene rings is 3. The van der Waals surface area contributed by atoms with Crippen molar-refractivity contribution in [1.82, 2.24) is 0 Å². The van der Waals surface area contributed by atoms with Gasteiger partial charge in [-0.2, -0.15) is 0 Å². The van der Waals surface area contributed by atoms with Crippen molar-refractivity contribution in [3.05, 3.63) is 99.0 Å². The second-order valence-electron chi connectivity index (χ2n) is 5.70. The fourth-order valence-corrected chi connectivity index (χ4v) is 4.36. The monoisotopic (exact) mass is 420 g/mol. The molecule has 0 heterocycles. The first kappa shape index (κ1) is 19.3. The number of ketones is 1. The minimum atomic E-state index is -0.101. The molecule has 0 aliphatic rings. The maximum Gasteiger partial charge on any atom is 0.164 e. The first-order valence-corrected chi connectivity index (χ1v) is 10.0. The van der Waals surface area contributed by atoms with E-state index in [1.165, 1.54) is 11.8 Å². The van der Waals surface area contributed by atoms with Gasteiger partial charge in [-0.05, 0) is 29.8 Å². The molecule has 0 amide bonds. The van der Waals surface area contributed by atoms with Crippen LogP contribution in [-0.4, -0.2) is 5.78 Å². The molecule has 0 N–H and O–H groups in total. The van der Waals surface area contributed by atoms with Gasteiger partial charge in [0.1, 0.15) is 0 Å². The lowest BCUT2D eigenvalue weighted by Crippen LogP contribution is -2.05. The Kier molecular flexibility index (Phi) is 6.66. The molecule has 0 fully saturated rings. The lowest BCUT2D eigenvalue weighted by Gasteiger charge is -2.18. The molecule has 0 radical (unpaired) electrons. The van der Waals surface area contributed by atoms with Crippen LogP contribution in [0.5, 0.6) is 0 Å². The summed E-state index contributed by atoms with van der Waals surface area (Å²) in [6, 6.07) is 22.4.